The highest BCUT2D eigenvalue weighted by Gasteiger charge is 2.45. The van der Waals surface area contributed by atoms with E-state index in [1.54, 1.807) is 6.92 Å². The molecule has 3 fully saturated rings. The van der Waals surface area contributed by atoms with Crippen LogP contribution in [0.4, 0.5) is 0 Å². The molecular formula is C20H31N5O6. The lowest BCUT2D eigenvalue weighted by Crippen LogP contribution is -2.56. The van der Waals surface area contributed by atoms with Crippen molar-refractivity contribution in [2.45, 2.75) is 69.6 Å². The number of nitrogens with zero attached hydrogens (tertiary/aromatic N) is 3. The minimum Gasteiger partial charge on any atom is -0.480 e. The Morgan fingerprint density at radius 2 is 1.32 bits per heavy atom. The summed E-state index contributed by atoms with van der Waals surface area (Å²) in [6.07, 6.45) is 3.31. The van der Waals surface area contributed by atoms with Gasteiger partial charge in [0.15, 0.2) is 0 Å². The van der Waals surface area contributed by atoms with Crippen molar-refractivity contribution in [1.29, 1.82) is 0 Å². The van der Waals surface area contributed by atoms with Crippen LogP contribution in [0.3, 0.4) is 0 Å². The molecule has 3 aliphatic rings. The van der Waals surface area contributed by atoms with Crippen LogP contribution in [0.1, 0.15) is 45.4 Å². The third kappa shape index (κ3) is 4.65. The molecule has 4 N–H and O–H groups in total. The Morgan fingerprint density at radius 3 is 1.84 bits per heavy atom. The number of rotatable bonds is 6. The quantitative estimate of drug-likeness (QED) is 0.457. The highest BCUT2D eigenvalue weighted by molar-refractivity contribution is 5.95. The largest absolute Gasteiger partial charge is 0.480 e. The van der Waals surface area contributed by atoms with Gasteiger partial charge in [0.05, 0.1) is 6.54 Å². The van der Waals surface area contributed by atoms with Crippen molar-refractivity contribution in [3.63, 3.8) is 0 Å². The van der Waals surface area contributed by atoms with E-state index in [0.717, 1.165) is 0 Å². The molecule has 31 heavy (non-hydrogen) atoms. The SMILES string of the molecule is C[C@H](NC(=O)CN)C(=O)N1CCC[C@H]1C(=O)N1CCC[C@H]1C(=O)N1CCC[C@H]1C(=O)O. The van der Waals surface area contributed by atoms with E-state index in [9.17, 15) is 29.1 Å². The summed E-state index contributed by atoms with van der Waals surface area (Å²) in [4.78, 5) is 66.6. The molecule has 4 atom stereocenters. The van der Waals surface area contributed by atoms with Gasteiger partial charge in [-0.25, -0.2) is 4.79 Å². The third-order valence-corrected chi connectivity index (χ3v) is 6.40. The summed E-state index contributed by atoms with van der Waals surface area (Å²) in [5, 5.41) is 11.9. The molecule has 4 amide bonds. The van der Waals surface area contributed by atoms with E-state index < -0.39 is 36.0 Å². The van der Waals surface area contributed by atoms with Gasteiger partial charge in [-0.1, -0.05) is 0 Å². The van der Waals surface area contributed by atoms with Crippen molar-refractivity contribution in [3.05, 3.63) is 0 Å². The van der Waals surface area contributed by atoms with Crippen LogP contribution >= 0.6 is 0 Å². The van der Waals surface area contributed by atoms with Crippen molar-refractivity contribution in [1.82, 2.24) is 20.0 Å². The maximum atomic E-state index is 13.3. The van der Waals surface area contributed by atoms with E-state index in [2.05, 4.69) is 5.32 Å². The van der Waals surface area contributed by atoms with Crippen molar-refractivity contribution in [2.75, 3.05) is 26.2 Å². The topological polar surface area (TPSA) is 153 Å². The van der Waals surface area contributed by atoms with Crippen molar-refractivity contribution in [3.8, 4) is 0 Å². The zero-order chi connectivity index (χ0) is 22.7. The fourth-order valence-electron chi connectivity index (χ4n) is 4.86. The van der Waals surface area contributed by atoms with E-state index in [1.165, 1.54) is 14.7 Å². The van der Waals surface area contributed by atoms with E-state index in [1.807, 2.05) is 0 Å². The molecule has 0 aromatic heterocycles. The first-order valence-corrected chi connectivity index (χ1v) is 10.9. The van der Waals surface area contributed by atoms with Gasteiger partial charge in [-0.15, -0.1) is 0 Å². The van der Waals surface area contributed by atoms with Crippen LogP contribution in [0, 0.1) is 0 Å². The van der Waals surface area contributed by atoms with Crippen LogP contribution in [0.2, 0.25) is 0 Å². The lowest BCUT2D eigenvalue weighted by atomic mass is 10.1. The maximum absolute atomic E-state index is 13.3. The number of carbonyl (C=O) groups excluding carboxylic acids is 4. The highest BCUT2D eigenvalue weighted by atomic mass is 16.4. The van der Waals surface area contributed by atoms with Gasteiger partial charge in [0, 0.05) is 19.6 Å². The number of nitrogens with one attached hydrogen (secondary N) is 1. The number of carbonyl (C=O) groups is 5. The van der Waals surface area contributed by atoms with Gasteiger partial charge >= 0.3 is 5.97 Å². The molecule has 3 heterocycles. The summed E-state index contributed by atoms with van der Waals surface area (Å²) in [5.74, 6) is -2.44. The molecule has 0 bridgehead atoms. The summed E-state index contributed by atoms with van der Waals surface area (Å²) in [7, 11) is 0. The van der Waals surface area contributed by atoms with Crippen LogP contribution in [-0.2, 0) is 24.0 Å². The van der Waals surface area contributed by atoms with Crippen molar-refractivity contribution >= 4 is 29.6 Å². The zero-order valence-electron chi connectivity index (χ0n) is 17.8. The number of carboxylic acid groups (broad SMARTS) is 1. The molecule has 0 aromatic carbocycles. The molecule has 0 unspecified atom stereocenters. The fourth-order valence-corrected chi connectivity index (χ4v) is 4.86. The van der Waals surface area contributed by atoms with Gasteiger partial charge in [-0.05, 0) is 45.4 Å². The molecule has 3 aliphatic heterocycles. The summed E-state index contributed by atoms with van der Waals surface area (Å²) in [6, 6.07) is -3.03. The van der Waals surface area contributed by atoms with Crippen LogP contribution in [0.15, 0.2) is 0 Å². The van der Waals surface area contributed by atoms with Crippen LogP contribution in [0.25, 0.3) is 0 Å². The standard InChI is InChI=1S/C20H31N5O6/c1-12(22-16(26)11-21)17(27)23-8-2-5-13(23)18(28)24-9-3-6-14(24)19(29)25-10-4-7-15(25)20(30)31/h12-15H,2-11,21H2,1H3,(H,22,26)(H,30,31)/t12-,13-,14-,15-/m0/s1. The Labute approximate surface area is 180 Å². The fraction of sp³-hybridized carbons (Fsp3) is 0.750. The summed E-state index contributed by atoms with van der Waals surface area (Å²) in [5.41, 5.74) is 5.29. The van der Waals surface area contributed by atoms with Gasteiger partial charge in [0.1, 0.15) is 24.2 Å². The second kappa shape index (κ2) is 9.63. The number of nitrogens with two attached hydrogens (primary N) is 1. The second-order valence-corrected chi connectivity index (χ2v) is 8.40. The van der Waals surface area contributed by atoms with E-state index in [0.29, 0.717) is 58.2 Å². The first-order chi connectivity index (χ1) is 14.8. The summed E-state index contributed by atoms with van der Waals surface area (Å²) in [6.45, 7) is 2.50. The molecule has 3 saturated heterocycles. The molecule has 11 nitrogen and oxygen atoms in total. The van der Waals surface area contributed by atoms with Gasteiger partial charge in [0.25, 0.3) is 0 Å². The van der Waals surface area contributed by atoms with Crippen LogP contribution in [0.5, 0.6) is 0 Å². The van der Waals surface area contributed by atoms with Crippen molar-refractivity contribution in [2.24, 2.45) is 5.73 Å². The summed E-state index contributed by atoms with van der Waals surface area (Å²) >= 11 is 0. The average Bonchev–Trinajstić information content (AvgIpc) is 3.51. The van der Waals surface area contributed by atoms with Gasteiger partial charge < -0.3 is 30.9 Å². The first-order valence-electron chi connectivity index (χ1n) is 10.9. The number of likely N-dealkylation sites (tertiary alicyclic amines) is 3. The molecule has 3 rings (SSSR count). The average molecular weight is 437 g/mol. The Morgan fingerprint density at radius 1 is 0.871 bits per heavy atom. The predicted molar refractivity (Wildman–Crippen MR) is 108 cm³/mol. The molecule has 0 aliphatic carbocycles. The van der Waals surface area contributed by atoms with E-state index in [4.69, 9.17) is 5.73 Å². The first kappa shape index (κ1) is 23.0. The Hall–Kier alpha value is -2.69. The van der Waals surface area contributed by atoms with E-state index in [-0.39, 0.29) is 24.3 Å². The van der Waals surface area contributed by atoms with Crippen molar-refractivity contribution < 1.29 is 29.1 Å². The Kier molecular flexibility index (Phi) is 7.14. The summed E-state index contributed by atoms with van der Waals surface area (Å²) < 4.78 is 0. The molecule has 0 spiro atoms. The normalized spacial score (nSPS) is 26.8. The number of amides is 4. The molecule has 0 radical (unpaired) electrons. The number of aliphatic carboxylic acids is 1. The number of hydrogen-bond donors (Lipinski definition) is 3. The predicted octanol–water partition coefficient (Wildman–Crippen LogP) is -1.49. The smallest absolute Gasteiger partial charge is 0.326 e. The maximum Gasteiger partial charge on any atom is 0.326 e. The molecule has 172 valence electrons. The van der Waals surface area contributed by atoms with Gasteiger partial charge in [-0.3, -0.25) is 19.2 Å². The minimum atomic E-state index is -1.03. The Bertz CT molecular complexity index is 758. The highest BCUT2D eigenvalue weighted by Crippen LogP contribution is 2.28. The molecular weight excluding hydrogens is 406 g/mol. The third-order valence-electron chi connectivity index (χ3n) is 6.40. The van der Waals surface area contributed by atoms with Crippen LogP contribution in [-0.4, -0.2) is 99.8 Å². The number of hydrogen-bond acceptors (Lipinski definition) is 6. The monoisotopic (exact) mass is 437 g/mol. The number of carboxylic acids is 1. The zero-order valence-corrected chi connectivity index (χ0v) is 17.8. The lowest BCUT2D eigenvalue weighted by Gasteiger charge is -2.34. The van der Waals surface area contributed by atoms with Gasteiger partial charge in [0.2, 0.25) is 23.6 Å². The molecule has 0 saturated carbocycles. The second-order valence-electron chi connectivity index (χ2n) is 8.40. The molecule has 0 aromatic rings. The van der Waals surface area contributed by atoms with E-state index >= 15 is 0 Å². The van der Waals surface area contributed by atoms with Crippen LogP contribution < -0.4 is 11.1 Å². The minimum absolute atomic E-state index is 0.231. The lowest BCUT2D eigenvalue weighted by molar-refractivity contribution is -0.153. The Balaban J connectivity index is 1.70. The molecule has 11 heteroatoms. The van der Waals surface area contributed by atoms with Gasteiger partial charge in [-0.2, -0.15) is 0 Å².